The summed E-state index contributed by atoms with van der Waals surface area (Å²) in [7, 11) is -1.03. The van der Waals surface area contributed by atoms with Gasteiger partial charge in [-0.3, -0.25) is 0 Å². The molecule has 3 rings (SSSR count). The minimum Gasteiger partial charge on any atom is -0.496 e. The van der Waals surface area contributed by atoms with E-state index >= 15 is 0 Å². The van der Waals surface area contributed by atoms with Gasteiger partial charge in [0.25, 0.3) is 0 Å². The van der Waals surface area contributed by atoms with E-state index in [9.17, 15) is 8.96 Å². The van der Waals surface area contributed by atoms with Gasteiger partial charge in [0.2, 0.25) is 0 Å². The molecule has 0 unspecified atom stereocenters. The van der Waals surface area contributed by atoms with Gasteiger partial charge < -0.3 is 14.6 Å². The molecule has 29 heavy (non-hydrogen) atoms. The maximum Gasteiger partial charge on any atom is 0.138 e. The van der Waals surface area contributed by atoms with E-state index in [1.807, 2.05) is 26.0 Å². The third-order valence-electron chi connectivity index (χ3n) is 5.00. The first-order valence-corrected chi connectivity index (χ1v) is 12.2. The number of hydrogen-bond acceptors (Lipinski definition) is 5. The number of methoxy groups -OCH3 is 1. The Labute approximate surface area is 171 Å². The average molecular weight is 415 g/mol. The van der Waals surface area contributed by atoms with Crippen molar-refractivity contribution in [2.45, 2.75) is 33.2 Å². The lowest BCUT2D eigenvalue weighted by Gasteiger charge is -2.20. The van der Waals surface area contributed by atoms with E-state index in [2.05, 4.69) is 15.3 Å². The van der Waals surface area contributed by atoms with Crippen LogP contribution >= 0.6 is 7.14 Å². The van der Waals surface area contributed by atoms with Gasteiger partial charge in [0.1, 0.15) is 30.4 Å². The molecule has 0 bridgehead atoms. The summed E-state index contributed by atoms with van der Waals surface area (Å²) in [6.07, 6.45) is 0.632. The Morgan fingerprint density at radius 3 is 2.59 bits per heavy atom. The summed E-state index contributed by atoms with van der Waals surface area (Å²) in [6.45, 7) is 9.04. The minimum absolute atomic E-state index is 0.195. The predicted octanol–water partition coefficient (Wildman–Crippen LogP) is 5.07. The summed E-state index contributed by atoms with van der Waals surface area (Å²) in [5, 5.41) is 4.69. The number of ether oxygens (including phenoxy) is 1. The van der Waals surface area contributed by atoms with Crippen molar-refractivity contribution in [2.75, 3.05) is 25.8 Å². The lowest BCUT2D eigenvalue weighted by atomic mass is 10.0. The second-order valence-electron chi connectivity index (χ2n) is 7.55. The molecule has 3 aromatic rings. The molecule has 1 N–H and O–H groups in total. The van der Waals surface area contributed by atoms with Gasteiger partial charge in [0, 0.05) is 17.0 Å². The number of rotatable bonds is 6. The normalized spacial score (nSPS) is 12.8. The lowest BCUT2D eigenvalue weighted by molar-refractivity contribution is 0.418. The van der Waals surface area contributed by atoms with Crippen LogP contribution in [0.4, 0.5) is 10.2 Å². The highest BCUT2D eigenvalue weighted by Gasteiger charge is 2.21. The quantitative estimate of drug-likeness (QED) is 0.570. The van der Waals surface area contributed by atoms with Crippen LogP contribution in [0.25, 0.3) is 10.9 Å². The van der Waals surface area contributed by atoms with E-state index in [1.165, 1.54) is 0 Å². The van der Waals surface area contributed by atoms with Crippen LogP contribution in [-0.4, -0.2) is 30.4 Å². The van der Waals surface area contributed by atoms with Gasteiger partial charge in [-0.2, -0.15) is 0 Å². The monoisotopic (exact) mass is 415 g/mol. The number of hydrogen-bond donors (Lipinski definition) is 1. The summed E-state index contributed by atoms with van der Waals surface area (Å²) < 4.78 is 33.0. The van der Waals surface area contributed by atoms with Crippen LogP contribution in [0.2, 0.25) is 0 Å². The molecule has 0 saturated carbocycles. The van der Waals surface area contributed by atoms with Crippen LogP contribution in [0.5, 0.6) is 5.75 Å². The highest BCUT2D eigenvalue weighted by Crippen LogP contribution is 2.41. The molecule has 0 fully saturated rings. The third kappa shape index (κ3) is 4.27. The van der Waals surface area contributed by atoms with Gasteiger partial charge in [-0.25, -0.2) is 14.4 Å². The van der Waals surface area contributed by atoms with Gasteiger partial charge in [-0.1, -0.05) is 25.1 Å². The van der Waals surface area contributed by atoms with Gasteiger partial charge in [0.05, 0.1) is 24.0 Å². The second-order valence-corrected chi connectivity index (χ2v) is 10.7. The number of aromatic nitrogens is 2. The summed E-state index contributed by atoms with van der Waals surface area (Å²) in [6, 6.07) is 8.75. The van der Waals surface area contributed by atoms with Gasteiger partial charge >= 0.3 is 0 Å². The third-order valence-corrected chi connectivity index (χ3v) is 6.51. The molecule has 1 atom stereocenters. The smallest absolute Gasteiger partial charge is 0.138 e. The van der Waals surface area contributed by atoms with Crippen molar-refractivity contribution in [2.24, 2.45) is 0 Å². The van der Waals surface area contributed by atoms with Crippen molar-refractivity contribution in [3.8, 4) is 5.75 Å². The van der Waals surface area contributed by atoms with E-state index in [-0.39, 0.29) is 11.9 Å². The molecule has 0 spiro atoms. The van der Waals surface area contributed by atoms with E-state index in [4.69, 9.17) is 4.74 Å². The van der Waals surface area contributed by atoms with Crippen molar-refractivity contribution < 1.29 is 13.7 Å². The molecule has 0 saturated heterocycles. The standard InChI is InChI=1S/C22H27FN3O2P/c1-7-15-9-8-10-16(21(15)23)13(2)24-22-17-11-20(29(5,6)27)19(28-4)12-18(17)25-14(3)26-22/h8-13H,7H2,1-6H3,(H,24,25,26)/t13-/m1/s1. The van der Waals surface area contributed by atoms with Crippen LogP contribution in [0.1, 0.15) is 36.8 Å². The van der Waals surface area contributed by atoms with Crippen LogP contribution in [0.15, 0.2) is 30.3 Å². The fourth-order valence-electron chi connectivity index (χ4n) is 3.45. The number of benzene rings is 2. The topological polar surface area (TPSA) is 64.1 Å². The molecule has 5 nitrogen and oxygen atoms in total. The number of nitrogens with one attached hydrogen (secondary N) is 1. The zero-order chi connectivity index (χ0) is 21.3. The van der Waals surface area contributed by atoms with E-state index in [0.717, 1.165) is 5.39 Å². The highest BCUT2D eigenvalue weighted by molar-refractivity contribution is 7.70. The molecule has 0 aliphatic heterocycles. The number of fused-ring (bicyclic) bond motifs is 1. The van der Waals surface area contributed by atoms with Crippen molar-refractivity contribution >= 4 is 29.2 Å². The fraction of sp³-hybridized carbons (Fsp3) is 0.364. The number of anilines is 1. The summed E-state index contributed by atoms with van der Waals surface area (Å²) in [4.78, 5) is 9.04. The Morgan fingerprint density at radius 2 is 1.97 bits per heavy atom. The average Bonchev–Trinajstić information content (AvgIpc) is 2.66. The van der Waals surface area contributed by atoms with Crippen molar-refractivity contribution in [3.05, 3.63) is 53.1 Å². The summed E-state index contributed by atoms with van der Waals surface area (Å²) in [5.41, 5.74) is 1.95. The Hall–Kier alpha value is -2.46. The number of halogens is 1. The molecule has 0 aliphatic rings. The Kier molecular flexibility index (Phi) is 5.95. The molecule has 154 valence electrons. The predicted molar refractivity (Wildman–Crippen MR) is 118 cm³/mol. The molecular weight excluding hydrogens is 388 g/mol. The van der Waals surface area contributed by atoms with Crippen LogP contribution in [0.3, 0.4) is 0 Å². The zero-order valence-electron chi connectivity index (χ0n) is 17.7. The van der Waals surface area contributed by atoms with Crippen LogP contribution < -0.4 is 15.4 Å². The first kappa shape index (κ1) is 21.3. The van der Waals surface area contributed by atoms with Crippen LogP contribution in [-0.2, 0) is 11.0 Å². The van der Waals surface area contributed by atoms with E-state index in [0.29, 0.717) is 45.8 Å². The van der Waals surface area contributed by atoms with Crippen molar-refractivity contribution in [1.82, 2.24) is 9.97 Å². The Balaban J connectivity index is 2.13. The molecule has 1 aromatic heterocycles. The van der Waals surface area contributed by atoms with Crippen LogP contribution in [0, 0.1) is 12.7 Å². The lowest BCUT2D eigenvalue weighted by Crippen LogP contribution is -2.14. The maximum atomic E-state index is 14.8. The van der Waals surface area contributed by atoms with Gasteiger partial charge in [-0.05, 0) is 45.2 Å². The number of aryl methyl sites for hydroxylation is 2. The maximum absolute atomic E-state index is 14.8. The minimum atomic E-state index is -2.59. The summed E-state index contributed by atoms with van der Waals surface area (Å²) >= 11 is 0. The summed E-state index contributed by atoms with van der Waals surface area (Å²) in [5.74, 6) is 1.52. The Morgan fingerprint density at radius 1 is 1.24 bits per heavy atom. The van der Waals surface area contributed by atoms with E-state index < -0.39 is 7.14 Å². The van der Waals surface area contributed by atoms with E-state index in [1.54, 1.807) is 45.6 Å². The number of nitrogens with zero attached hydrogens (tertiary/aromatic N) is 2. The van der Waals surface area contributed by atoms with Crippen molar-refractivity contribution in [3.63, 3.8) is 0 Å². The molecular formula is C22H27FN3O2P. The first-order chi connectivity index (χ1) is 13.7. The van der Waals surface area contributed by atoms with Crippen molar-refractivity contribution in [1.29, 1.82) is 0 Å². The molecule has 0 aliphatic carbocycles. The molecule has 1 heterocycles. The van der Waals surface area contributed by atoms with Gasteiger partial charge in [0.15, 0.2) is 0 Å². The molecule has 0 radical (unpaired) electrons. The molecule has 7 heteroatoms. The zero-order valence-corrected chi connectivity index (χ0v) is 18.6. The highest BCUT2D eigenvalue weighted by atomic mass is 31.2. The second kappa shape index (κ2) is 8.11. The fourth-order valence-corrected chi connectivity index (χ4v) is 4.57. The molecule has 0 amide bonds. The largest absolute Gasteiger partial charge is 0.496 e. The first-order valence-electron chi connectivity index (χ1n) is 9.61. The SMILES string of the molecule is CCc1cccc([C@@H](C)Nc2nc(C)nc3cc(OC)c(P(C)(C)=O)cc23)c1F. The Bertz CT molecular complexity index is 1110. The molecule has 2 aromatic carbocycles. The van der Waals surface area contributed by atoms with Gasteiger partial charge in [-0.15, -0.1) is 0 Å².